The lowest BCUT2D eigenvalue weighted by Crippen LogP contribution is -2.07. The number of halogens is 3. The number of pyridine rings is 1. The lowest BCUT2D eigenvalue weighted by molar-refractivity contribution is 0.144. The van der Waals surface area contributed by atoms with E-state index >= 15 is 0 Å². The number of aliphatic hydroxyl groups is 1. The number of aliphatic hydroxyl groups excluding tert-OH is 1. The summed E-state index contributed by atoms with van der Waals surface area (Å²) in [6, 6.07) is 1.31. The van der Waals surface area contributed by atoms with Crippen LogP contribution in [0, 0.1) is 0 Å². The van der Waals surface area contributed by atoms with E-state index in [1.54, 1.807) is 0 Å². The van der Waals surface area contributed by atoms with Gasteiger partial charge in [-0.15, -0.1) is 0 Å². The van der Waals surface area contributed by atoms with Gasteiger partial charge < -0.3 is 10.8 Å². The molecule has 3 nitrogen and oxygen atoms in total. The molecular weight excluding hydrogens is 214 g/mol. The molecule has 0 aliphatic heterocycles. The van der Waals surface area contributed by atoms with Crippen molar-refractivity contribution >= 4 is 11.6 Å². The van der Waals surface area contributed by atoms with Crippen LogP contribution in [0.2, 0.25) is 5.02 Å². The summed E-state index contributed by atoms with van der Waals surface area (Å²) in [6.07, 6.45) is -2.71. The Labute approximate surface area is 84.5 Å². The van der Waals surface area contributed by atoms with Gasteiger partial charge in [-0.1, -0.05) is 11.6 Å². The first kappa shape index (κ1) is 11.3. The van der Waals surface area contributed by atoms with Crippen molar-refractivity contribution in [3.8, 4) is 0 Å². The van der Waals surface area contributed by atoms with Crippen molar-refractivity contribution in [1.82, 2.24) is 4.98 Å². The topological polar surface area (TPSA) is 59.1 Å². The van der Waals surface area contributed by atoms with Gasteiger partial charge in [0, 0.05) is 6.54 Å². The van der Waals surface area contributed by atoms with E-state index in [9.17, 15) is 8.78 Å². The van der Waals surface area contributed by atoms with Gasteiger partial charge in [-0.05, 0) is 11.6 Å². The molecule has 0 fully saturated rings. The number of nitrogens with zero attached hydrogens (tertiary/aromatic N) is 1. The zero-order chi connectivity index (χ0) is 10.7. The number of rotatable bonds is 3. The third-order valence-electron chi connectivity index (χ3n) is 1.74. The first-order valence-corrected chi connectivity index (χ1v) is 4.25. The molecule has 0 aliphatic carbocycles. The standard InChI is InChI=1S/C8H9ClF2N2O/c9-5-1-4(2-12)7(8(10)11)13-6(5)3-14/h1,8,14H,2-3,12H2. The molecule has 1 aromatic heterocycles. The van der Waals surface area contributed by atoms with Crippen LogP contribution in [0.15, 0.2) is 6.07 Å². The first-order valence-electron chi connectivity index (χ1n) is 3.87. The van der Waals surface area contributed by atoms with Gasteiger partial charge in [-0.3, -0.25) is 0 Å². The van der Waals surface area contributed by atoms with Crippen molar-refractivity contribution in [2.45, 2.75) is 19.6 Å². The maximum Gasteiger partial charge on any atom is 0.280 e. The Bertz CT molecular complexity index is 333. The number of aromatic nitrogens is 1. The predicted molar refractivity (Wildman–Crippen MR) is 48.0 cm³/mol. The molecule has 1 aromatic rings. The van der Waals surface area contributed by atoms with Gasteiger partial charge in [0.15, 0.2) is 0 Å². The Morgan fingerprint density at radius 3 is 2.64 bits per heavy atom. The molecule has 0 spiro atoms. The average Bonchev–Trinajstić information content (AvgIpc) is 2.16. The molecule has 0 aliphatic rings. The third kappa shape index (κ3) is 2.17. The molecule has 14 heavy (non-hydrogen) atoms. The molecule has 0 aromatic carbocycles. The van der Waals surface area contributed by atoms with Crippen LogP contribution >= 0.6 is 11.6 Å². The lowest BCUT2D eigenvalue weighted by atomic mass is 10.1. The second kappa shape index (κ2) is 4.63. The number of alkyl halides is 2. The van der Waals surface area contributed by atoms with E-state index in [4.69, 9.17) is 22.4 Å². The Morgan fingerprint density at radius 2 is 2.21 bits per heavy atom. The zero-order valence-electron chi connectivity index (χ0n) is 7.17. The Kier molecular flexibility index (Phi) is 3.74. The van der Waals surface area contributed by atoms with Crippen LogP contribution in [-0.4, -0.2) is 10.1 Å². The van der Waals surface area contributed by atoms with Crippen LogP contribution in [-0.2, 0) is 13.2 Å². The summed E-state index contributed by atoms with van der Waals surface area (Å²) >= 11 is 5.66. The molecule has 0 atom stereocenters. The van der Waals surface area contributed by atoms with Crippen LogP contribution < -0.4 is 5.73 Å². The highest BCUT2D eigenvalue weighted by molar-refractivity contribution is 6.31. The van der Waals surface area contributed by atoms with Gasteiger partial charge in [0.2, 0.25) is 0 Å². The predicted octanol–water partition coefficient (Wildman–Crippen LogP) is 1.62. The van der Waals surface area contributed by atoms with Crippen molar-refractivity contribution in [2.24, 2.45) is 5.73 Å². The molecule has 0 saturated heterocycles. The van der Waals surface area contributed by atoms with E-state index < -0.39 is 18.7 Å². The monoisotopic (exact) mass is 222 g/mol. The molecule has 3 N–H and O–H groups in total. The van der Waals surface area contributed by atoms with Gasteiger partial charge in [-0.2, -0.15) is 0 Å². The molecule has 0 unspecified atom stereocenters. The normalized spacial score (nSPS) is 11.0. The van der Waals surface area contributed by atoms with Crippen LogP contribution in [0.3, 0.4) is 0 Å². The molecule has 0 radical (unpaired) electrons. The fourth-order valence-corrected chi connectivity index (χ4v) is 1.28. The second-order valence-electron chi connectivity index (χ2n) is 2.62. The van der Waals surface area contributed by atoms with E-state index in [0.717, 1.165) is 0 Å². The number of hydrogen-bond donors (Lipinski definition) is 2. The lowest BCUT2D eigenvalue weighted by Gasteiger charge is -2.09. The Morgan fingerprint density at radius 1 is 1.57 bits per heavy atom. The maximum absolute atomic E-state index is 12.4. The average molecular weight is 223 g/mol. The van der Waals surface area contributed by atoms with Crippen LogP contribution in [0.25, 0.3) is 0 Å². The van der Waals surface area contributed by atoms with Gasteiger partial charge in [0.05, 0.1) is 17.3 Å². The highest BCUT2D eigenvalue weighted by Gasteiger charge is 2.16. The largest absolute Gasteiger partial charge is 0.390 e. The van der Waals surface area contributed by atoms with E-state index in [0.29, 0.717) is 0 Å². The summed E-state index contributed by atoms with van der Waals surface area (Å²) in [7, 11) is 0. The summed E-state index contributed by atoms with van der Waals surface area (Å²) in [5.74, 6) is 0. The van der Waals surface area contributed by atoms with Gasteiger partial charge in [0.25, 0.3) is 6.43 Å². The van der Waals surface area contributed by atoms with Crippen LogP contribution in [0.5, 0.6) is 0 Å². The molecule has 0 amide bonds. The molecule has 6 heteroatoms. The van der Waals surface area contributed by atoms with Crippen molar-refractivity contribution in [3.05, 3.63) is 28.0 Å². The van der Waals surface area contributed by atoms with Crippen molar-refractivity contribution in [1.29, 1.82) is 0 Å². The van der Waals surface area contributed by atoms with Crippen LogP contribution in [0.1, 0.15) is 23.4 Å². The SMILES string of the molecule is NCc1cc(Cl)c(CO)nc1C(F)F. The van der Waals surface area contributed by atoms with Crippen molar-refractivity contribution in [2.75, 3.05) is 0 Å². The van der Waals surface area contributed by atoms with Gasteiger partial charge in [0.1, 0.15) is 5.69 Å². The third-order valence-corrected chi connectivity index (χ3v) is 2.06. The highest BCUT2D eigenvalue weighted by atomic mass is 35.5. The summed E-state index contributed by atoms with van der Waals surface area (Å²) in [5, 5.41) is 8.92. The second-order valence-corrected chi connectivity index (χ2v) is 3.03. The smallest absolute Gasteiger partial charge is 0.280 e. The highest BCUT2D eigenvalue weighted by Crippen LogP contribution is 2.25. The van der Waals surface area contributed by atoms with Gasteiger partial charge in [-0.25, -0.2) is 13.8 Å². The molecule has 0 bridgehead atoms. The van der Waals surface area contributed by atoms with E-state index in [1.165, 1.54) is 6.07 Å². The van der Waals surface area contributed by atoms with Crippen molar-refractivity contribution in [3.63, 3.8) is 0 Å². The summed E-state index contributed by atoms with van der Waals surface area (Å²) in [4.78, 5) is 3.55. The fraction of sp³-hybridized carbons (Fsp3) is 0.375. The Hall–Kier alpha value is -0.780. The summed E-state index contributed by atoms with van der Waals surface area (Å²) in [6.45, 7) is -0.526. The van der Waals surface area contributed by atoms with Crippen LogP contribution in [0.4, 0.5) is 8.78 Å². The fourth-order valence-electron chi connectivity index (χ4n) is 1.04. The minimum Gasteiger partial charge on any atom is -0.390 e. The maximum atomic E-state index is 12.4. The minimum atomic E-state index is -2.71. The molecule has 0 saturated carbocycles. The molecular formula is C8H9ClF2N2O. The minimum absolute atomic E-state index is 0.0409. The zero-order valence-corrected chi connectivity index (χ0v) is 7.93. The molecule has 1 rings (SSSR count). The Balaban J connectivity index is 3.25. The van der Waals surface area contributed by atoms with E-state index in [2.05, 4.69) is 4.98 Å². The van der Waals surface area contributed by atoms with E-state index in [-0.39, 0.29) is 22.8 Å². The van der Waals surface area contributed by atoms with Gasteiger partial charge >= 0.3 is 0 Å². The summed E-state index contributed by atoms with van der Waals surface area (Å²) < 4.78 is 24.8. The number of nitrogens with two attached hydrogens (primary N) is 1. The molecule has 78 valence electrons. The van der Waals surface area contributed by atoms with E-state index in [1.807, 2.05) is 0 Å². The van der Waals surface area contributed by atoms with Crippen molar-refractivity contribution < 1.29 is 13.9 Å². The first-order chi connectivity index (χ1) is 6.60. The number of hydrogen-bond acceptors (Lipinski definition) is 3. The summed E-state index contributed by atoms with van der Waals surface area (Å²) in [5.41, 5.74) is 5.08. The quantitative estimate of drug-likeness (QED) is 0.817. The molecule has 1 heterocycles.